The topological polar surface area (TPSA) is 60.2 Å². The molecule has 1 aliphatic heterocycles. The summed E-state index contributed by atoms with van der Waals surface area (Å²) in [6.07, 6.45) is 3.70. The van der Waals surface area contributed by atoms with E-state index in [0.29, 0.717) is 6.04 Å². The lowest BCUT2D eigenvalue weighted by Crippen LogP contribution is -2.20. The van der Waals surface area contributed by atoms with Crippen molar-refractivity contribution >= 4 is 11.2 Å². The summed E-state index contributed by atoms with van der Waals surface area (Å²) in [4.78, 5) is 9.27. The van der Waals surface area contributed by atoms with Gasteiger partial charge in [0.25, 0.3) is 0 Å². The van der Waals surface area contributed by atoms with Crippen LogP contribution in [0.3, 0.4) is 0 Å². The zero-order valence-electron chi connectivity index (χ0n) is 12.1. The van der Waals surface area contributed by atoms with Crippen LogP contribution in [0.15, 0.2) is 42.6 Å². The summed E-state index contributed by atoms with van der Waals surface area (Å²) in [5.74, 6) is 1.10. The predicted octanol–water partition coefficient (Wildman–Crippen LogP) is 3.16. The number of pyridine rings is 1. The second-order valence-corrected chi connectivity index (χ2v) is 5.55. The van der Waals surface area contributed by atoms with E-state index in [9.17, 15) is 5.11 Å². The van der Waals surface area contributed by atoms with Gasteiger partial charge in [-0.25, -0.2) is 9.97 Å². The number of phenols is 1. The fourth-order valence-electron chi connectivity index (χ4n) is 3.07. The maximum absolute atomic E-state index is 9.78. The van der Waals surface area contributed by atoms with Gasteiger partial charge in [-0.3, -0.25) is 0 Å². The molecule has 0 unspecified atom stereocenters. The number of hydrogen-bond donors (Lipinski definition) is 1. The number of imidazole rings is 1. The molecule has 0 radical (unpaired) electrons. The molecule has 0 amide bonds. The number of hydrogen-bond acceptors (Lipinski definition) is 4. The van der Waals surface area contributed by atoms with Gasteiger partial charge in [-0.15, -0.1) is 0 Å². The lowest BCUT2D eigenvalue weighted by Gasteiger charge is -2.25. The van der Waals surface area contributed by atoms with E-state index >= 15 is 0 Å². The number of aromatic nitrogens is 3. The Labute approximate surface area is 128 Å². The third-order valence-electron chi connectivity index (χ3n) is 4.11. The Kier molecular flexibility index (Phi) is 3.27. The molecule has 5 nitrogen and oxygen atoms in total. The second kappa shape index (κ2) is 5.42. The SMILES string of the molecule is Oc1cccc(-c2nc3cccnc3n2C2CCOCC2)c1. The van der Waals surface area contributed by atoms with E-state index in [4.69, 9.17) is 9.72 Å². The highest BCUT2D eigenvalue weighted by molar-refractivity contribution is 5.77. The summed E-state index contributed by atoms with van der Waals surface area (Å²) in [5, 5.41) is 9.78. The number of benzene rings is 1. The summed E-state index contributed by atoms with van der Waals surface area (Å²) in [5.41, 5.74) is 2.68. The zero-order valence-corrected chi connectivity index (χ0v) is 12.1. The largest absolute Gasteiger partial charge is 0.508 e. The average molecular weight is 295 g/mol. The van der Waals surface area contributed by atoms with Crippen molar-refractivity contribution in [2.45, 2.75) is 18.9 Å². The zero-order chi connectivity index (χ0) is 14.9. The number of fused-ring (bicyclic) bond motifs is 1. The molecule has 5 heteroatoms. The molecule has 1 saturated heterocycles. The smallest absolute Gasteiger partial charge is 0.160 e. The first-order valence-corrected chi connectivity index (χ1v) is 7.53. The first-order chi connectivity index (χ1) is 10.8. The Morgan fingerprint density at radius 3 is 2.82 bits per heavy atom. The van der Waals surface area contributed by atoms with Crippen LogP contribution in [-0.4, -0.2) is 32.9 Å². The highest BCUT2D eigenvalue weighted by Gasteiger charge is 2.23. The van der Waals surface area contributed by atoms with E-state index in [1.54, 1.807) is 18.3 Å². The molecule has 0 aliphatic carbocycles. The highest BCUT2D eigenvalue weighted by atomic mass is 16.5. The van der Waals surface area contributed by atoms with Gasteiger partial charge in [-0.05, 0) is 37.1 Å². The maximum atomic E-state index is 9.78. The van der Waals surface area contributed by atoms with Gasteiger partial charge in [0.05, 0.1) is 0 Å². The minimum absolute atomic E-state index is 0.246. The highest BCUT2D eigenvalue weighted by Crippen LogP contribution is 2.32. The van der Waals surface area contributed by atoms with E-state index in [2.05, 4.69) is 9.55 Å². The fourth-order valence-corrected chi connectivity index (χ4v) is 3.07. The summed E-state index contributed by atoms with van der Waals surface area (Å²) in [6, 6.07) is 11.4. The molecule has 1 fully saturated rings. The van der Waals surface area contributed by atoms with Crippen LogP contribution in [0.5, 0.6) is 5.75 Å². The Hall–Kier alpha value is -2.40. The third-order valence-corrected chi connectivity index (χ3v) is 4.11. The van der Waals surface area contributed by atoms with Crippen molar-refractivity contribution in [3.05, 3.63) is 42.6 Å². The number of rotatable bonds is 2. The van der Waals surface area contributed by atoms with E-state index in [1.165, 1.54) is 0 Å². The van der Waals surface area contributed by atoms with E-state index < -0.39 is 0 Å². The number of phenolic OH excluding ortho intramolecular Hbond substituents is 1. The van der Waals surface area contributed by atoms with Gasteiger partial charge in [0.1, 0.15) is 17.1 Å². The molecule has 3 heterocycles. The van der Waals surface area contributed by atoms with E-state index in [1.807, 2.05) is 24.3 Å². The lowest BCUT2D eigenvalue weighted by atomic mass is 10.1. The van der Waals surface area contributed by atoms with Crippen molar-refractivity contribution in [3.63, 3.8) is 0 Å². The van der Waals surface area contributed by atoms with Gasteiger partial charge < -0.3 is 14.4 Å². The summed E-state index contributed by atoms with van der Waals surface area (Å²) < 4.78 is 7.68. The van der Waals surface area contributed by atoms with Crippen LogP contribution >= 0.6 is 0 Å². The van der Waals surface area contributed by atoms with Crippen LogP contribution < -0.4 is 0 Å². The molecule has 0 spiro atoms. The number of ether oxygens (including phenoxy) is 1. The van der Waals surface area contributed by atoms with E-state index in [-0.39, 0.29) is 5.75 Å². The van der Waals surface area contributed by atoms with Crippen molar-refractivity contribution in [2.24, 2.45) is 0 Å². The molecular formula is C17H17N3O2. The molecule has 4 rings (SSSR count). The Balaban J connectivity index is 1.93. The fraction of sp³-hybridized carbons (Fsp3) is 0.294. The monoisotopic (exact) mass is 295 g/mol. The van der Waals surface area contributed by atoms with Crippen LogP contribution in [0, 0.1) is 0 Å². The summed E-state index contributed by atoms with van der Waals surface area (Å²) in [6.45, 7) is 1.52. The van der Waals surface area contributed by atoms with Crippen LogP contribution in [0.2, 0.25) is 0 Å². The molecule has 22 heavy (non-hydrogen) atoms. The molecule has 1 N–H and O–H groups in total. The predicted molar refractivity (Wildman–Crippen MR) is 83.7 cm³/mol. The first-order valence-electron chi connectivity index (χ1n) is 7.53. The Bertz CT molecular complexity index is 807. The van der Waals surface area contributed by atoms with Crippen LogP contribution in [0.1, 0.15) is 18.9 Å². The van der Waals surface area contributed by atoms with Crippen LogP contribution in [0.25, 0.3) is 22.6 Å². The molecule has 112 valence electrons. The second-order valence-electron chi connectivity index (χ2n) is 5.55. The van der Waals surface area contributed by atoms with Gasteiger partial charge in [0, 0.05) is 31.0 Å². The van der Waals surface area contributed by atoms with Gasteiger partial charge in [0.15, 0.2) is 5.65 Å². The third kappa shape index (κ3) is 2.23. The normalized spacial score (nSPS) is 16.2. The molecule has 2 aromatic heterocycles. The van der Waals surface area contributed by atoms with Crippen molar-refractivity contribution in [1.82, 2.24) is 14.5 Å². The van der Waals surface area contributed by atoms with Crippen LogP contribution in [0.4, 0.5) is 0 Å². The molecule has 1 aliphatic rings. The molecule has 0 bridgehead atoms. The Morgan fingerprint density at radius 1 is 1.14 bits per heavy atom. The first kappa shape index (κ1) is 13.3. The number of aromatic hydroxyl groups is 1. The van der Waals surface area contributed by atoms with Crippen LogP contribution in [-0.2, 0) is 4.74 Å². The van der Waals surface area contributed by atoms with E-state index in [0.717, 1.165) is 48.6 Å². The van der Waals surface area contributed by atoms with Crippen molar-refractivity contribution in [1.29, 1.82) is 0 Å². The van der Waals surface area contributed by atoms with Gasteiger partial charge in [0.2, 0.25) is 0 Å². The minimum Gasteiger partial charge on any atom is -0.508 e. The lowest BCUT2D eigenvalue weighted by molar-refractivity contribution is 0.0708. The molecular weight excluding hydrogens is 278 g/mol. The van der Waals surface area contributed by atoms with Crippen molar-refractivity contribution in [3.8, 4) is 17.1 Å². The molecule has 3 aromatic rings. The molecule has 1 aromatic carbocycles. The molecule has 0 atom stereocenters. The number of nitrogens with zero attached hydrogens (tertiary/aromatic N) is 3. The minimum atomic E-state index is 0.246. The Morgan fingerprint density at radius 2 is 2.00 bits per heavy atom. The summed E-state index contributed by atoms with van der Waals surface area (Å²) in [7, 11) is 0. The van der Waals surface area contributed by atoms with Gasteiger partial charge in [-0.1, -0.05) is 12.1 Å². The maximum Gasteiger partial charge on any atom is 0.160 e. The quantitative estimate of drug-likeness (QED) is 0.789. The van der Waals surface area contributed by atoms with Crippen molar-refractivity contribution in [2.75, 3.05) is 13.2 Å². The standard InChI is InChI=1S/C17H17N3O2/c21-14-4-1-3-12(11-14)16-19-15-5-2-8-18-17(15)20(16)13-6-9-22-10-7-13/h1-5,8,11,13,21H,6-7,9-10H2. The van der Waals surface area contributed by atoms with Gasteiger partial charge in [-0.2, -0.15) is 0 Å². The summed E-state index contributed by atoms with van der Waals surface area (Å²) >= 11 is 0. The van der Waals surface area contributed by atoms with Crippen molar-refractivity contribution < 1.29 is 9.84 Å². The van der Waals surface area contributed by atoms with Gasteiger partial charge >= 0.3 is 0 Å². The average Bonchev–Trinajstić information content (AvgIpc) is 2.95. The molecule has 0 saturated carbocycles.